The number of terminal acetylenes is 1. The van der Waals surface area contributed by atoms with Crippen molar-refractivity contribution in [1.29, 1.82) is 0 Å². The van der Waals surface area contributed by atoms with E-state index in [9.17, 15) is 5.11 Å². The normalized spacial score (nSPS) is 35.1. The molecule has 0 bridgehead atoms. The van der Waals surface area contributed by atoms with Gasteiger partial charge in [0.05, 0.1) is 12.3 Å². The number of halogens is 2. The lowest BCUT2D eigenvalue weighted by Crippen LogP contribution is -2.60. The zero-order valence-corrected chi connectivity index (χ0v) is 23.0. The number of ether oxygens (including phenoxy) is 1. The molecule has 0 aliphatic heterocycles. The number of nitrogens with zero attached hydrogens (tertiary/aromatic N) is 1. The van der Waals surface area contributed by atoms with Gasteiger partial charge in [0.25, 0.3) is 0 Å². The van der Waals surface area contributed by atoms with Crippen molar-refractivity contribution in [1.82, 2.24) is 0 Å². The van der Waals surface area contributed by atoms with Crippen LogP contribution in [0.25, 0.3) is 0 Å². The number of hydrogen-bond acceptors (Lipinski definition) is 4. The second kappa shape index (κ2) is 9.85. The Morgan fingerprint density at radius 2 is 1.82 bits per heavy atom. The Kier molecular flexibility index (Phi) is 6.75. The molecule has 39 heavy (non-hydrogen) atoms. The molecule has 208 valence electrons. The fraction of sp³-hybridized carbons (Fsp3) is 0.606. The summed E-state index contributed by atoms with van der Waals surface area (Å²) in [6.45, 7) is 2.80. The Bertz CT molecular complexity index is 1250. The molecule has 6 rings (SSSR count). The Morgan fingerprint density at radius 1 is 1.08 bits per heavy atom. The molecule has 0 spiro atoms. The van der Waals surface area contributed by atoms with E-state index >= 15 is 8.78 Å². The van der Waals surface area contributed by atoms with Gasteiger partial charge in [-0.05, 0) is 110 Å². The van der Waals surface area contributed by atoms with E-state index in [-0.39, 0.29) is 24.2 Å². The summed E-state index contributed by atoms with van der Waals surface area (Å²) in [5.41, 5.74) is 4.36. The summed E-state index contributed by atoms with van der Waals surface area (Å²) < 4.78 is 35.6. The number of rotatable bonds is 7. The number of benzene rings is 1. The third-order valence-corrected chi connectivity index (χ3v) is 10.6. The van der Waals surface area contributed by atoms with Crippen LogP contribution in [-0.4, -0.2) is 42.7 Å². The first kappa shape index (κ1) is 26.7. The summed E-state index contributed by atoms with van der Waals surface area (Å²) >= 11 is 0. The van der Waals surface area contributed by atoms with Gasteiger partial charge < -0.3 is 14.7 Å². The first-order valence-electron chi connectivity index (χ1n) is 14.5. The average Bonchev–Trinajstić information content (AvgIpc) is 3.75. The van der Waals surface area contributed by atoms with Crippen molar-refractivity contribution in [2.75, 3.05) is 20.3 Å². The molecular formula is C33H39F2NO3. The van der Waals surface area contributed by atoms with Gasteiger partial charge in [-0.15, -0.1) is 6.42 Å². The van der Waals surface area contributed by atoms with E-state index < -0.39 is 16.9 Å². The smallest absolute Gasteiger partial charge is 0.336 e. The maximum absolute atomic E-state index is 15.3. The molecule has 0 unspecified atom stereocenters. The Morgan fingerprint density at radius 3 is 2.51 bits per heavy atom. The van der Waals surface area contributed by atoms with Crippen molar-refractivity contribution in [3.63, 3.8) is 0 Å². The maximum Gasteiger partial charge on any atom is 0.336 e. The molecule has 0 heterocycles. The number of allylic oxidation sites excluding steroid dienone is 4. The van der Waals surface area contributed by atoms with Crippen molar-refractivity contribution in [2.45, 2.75) is 88.1 Å². The number of hydrogen-bond donors (Lipinski definition) is 1. The highest BCUT2D eigenvalue weighted by atomic mass is 19.3. The number of alkyl halides is 2. The van der Waals surface area contributed by atoms with Crippen LogP contribution in [-0.2, 0) is 9.57 Å². The van der Waals surface area contributed by atoms with Crippen LogP contribution in [0, 0.1) is 29.6 Å². The van der Waals surface area contributed by atoms with E-state index in [1.54, 1.807) is 13.0 Å². The van der Waals surface area contributed by atoms with Gasteiger partial charge in [-0.25, -0.2) is 0 Å². The molecule has 0 saturated heterocycles. The van der Waals surface area contributed by atoms with E-state index in [0.717, 1.165) is 37.0 Å². The van der Waals surface area contributed by atoms with Crippen LogP contribution in [0.1, 0.15) is 87.7 Å². The Hall–Kier alpha value is -2.49. The van der Waals surface area contributed by atoms with Crippen LogP contribution in [0.2, 0.25) is 0 Å². The monoisotopic (exact) mass is 535 g/mol. The highest BCUT2D eigenvalue weighted by Crippen LogP contribution is 2.69. The van der Waals surface area contributed by atoms with Gasteiger partial charge in [0.15, 0.2) is 0 Å². The lowest BCUT2D eigenvalue weighted by molar-refractivity contribution is -0.209. The summed E-state index contributed by atoms with van der Waals surface area (Å²) in [5.74, 6) is -1.14. The molecule has 5 aliphatic rings. The van der Waals surface area contributed by atoms with Crippen LogP contribution in [0.15, 0.2) is 52.2 Å². The molecule has 1 aromatic carbocycles. The van der Waals surface area contributed by atoms with Gasteiger partial charge in [-0.3, -0.25) is 0 Å². The Balaban J connectivity index is 1.42. The minimum Gasteiger partial charge on any atom is -0.393 e. The topological polar surface area (TPSA) is 51.1 Å². The van der Waals surface area contributed by atoms with Gasteiger partial charge in [-0.2, -0.15) is 8.78 Å². The highest BCUT2D eigenvalue weighted by molar-refractivity contribution is 5.97. The minimum atomic E-state index is -3.57. The van der Waals surface area contributed by atoms with E-state index in [4.69, 9.17) is 16.0 Å². The zero-order chi connectivity index (χ0) is 27.4. The molecule has 3 fully saturated rings. The van der Waals surface area contributed by atoms with Gasteiger partial charge in [0.2, 0.25) is 0 Å². The molecule has 5 aliphatic carbocycles. The SMILES string of the molecule is C#CC(F)(F)[C@]1(O)CC[C@H]2[C@@H]3CCC4=C/C(=N/OCCOC)CCC4=C3[C@@H](c3ccc(C4CC4)cc3)C[C@@]21C. The van der Waals surface area contributed by atoms with E-state index in [2.05, 4.69) is 35.5 Å². The second-order valence-electron chi connectivity index (χ2n) is 12.5. The predicted octanol–water partition coefficient (Wildman–Crippen LogP) is 6.91. The van der Waals surface area contributed by atoms with Crippen LogP contribution in [0.5, 0.6) is 0 Å². The molecular weight excluding hydrogens is 496 g/mol. The maximum atomic E-state index is 15.3. The van der Waals surface area contributed by atoms with Crippen molar-refractivity contribution in [2.24, 2.45) is 22.4 Å². The largest absolute Gasteiger partial charge is 0.393 e. The number of oxime groups is 1. The fourth-order valence-corrected chi connectivity index (χ4v) is 8.35. The average molecular weight is 536 g/mol. The van der Waals surface area contributed by atoms with Gasteiger partial charge >= 0.3 is 5.92 Å². The van der Waals surface area contributed by atoms with Crippen molar-refractivity contribution < 1.29 is 23.5 Å². The summed E-state index contributed by atoms with van der Waals surface area (Å²) in [4.78, 5) is 5.45. The van der Waals surface area contributed by atoms with E-state index in [1.807, 2.05) is 6.92 Å². The second-order valence-corrected chi connectivity index (χ2v) is 12.5. The first-order chi connectivity index (χ1) is 18.7. The molecule has 4 nitrogen and oxygen atoms in total. The lowest BCUT2D eigenvalue weighted by Gasteiger charge is -2.55. The quantitative estimate of drug-likeness (QED) is 0.234. The summed E-state index contributed by atoms with van der Waals surface area (Å²) in [6.07, 6.45) is 14.5. The third kappa shape index (κ3) is 4.28. The fourth-order valence-electron chi connectivity index (χ4n) is 8.35. The van der Waals surface area contributed by atoms with Crippen LogP contribution < -0.4 is 0 Å². The third-order valence-electron chi connectivity index (χ3n) is 10.6. The lowest BCUT2D eigenvalue weighted by atomic mass is 9.50. The molecule has 1 N–H and O–H groups in total. The summed E-state index contributed by atoms with van der Waals surface area (Å²) in [5, 5.41) is 16.0. The summed E-state index contributed by atoms with van der Waals surface area (Å²) in [7, 11) is 1.64. The molecule has 0 aromatic heterocycles. The number of aliphatic hydroxyl groups is 1. The molecule has 1 aromatic rings. The molecule has 3 saturated carbocycles. The van der Waals surface area contributed by atoms with Gasteiger partial charge in [0.1, 0.15) is 12.2 Å². The van der Waals surface area contributed by atoms with Gasteiger partial charge in [-0.1, -0.05) is 41.9 Å². The van der Waals surface area contributed by atoms with Crippen molar-refractivity contribution in [3.8, 4) is 12.3 Å². The summed E-state index contributed by atoms with van der Waals surface area (Å²) in [6, 6.07) is 8.86. The number of methoxy groups -OCH3 is 1. The molecule has 0 amide bonds. The van der Waals surface area contributed by atoms with Crippen molar-refractivity contribution in [3.05, 3.63) is 58.2 Å². The van der Waals surface area contributed by atoms with Crippen LogP contribution >= 0.6 is 0 Å². The zero-order valence-electron chi connectivity index (χ0n) is 23.0. The van der Waals surface area contributed by atoms with E-state index in [0.29, 0.717) is 32.0 Å². The first-order valence-corrected chi connectivity index (χ1v) is 14.5. The number of fused-ring (bicyclic) bond motifs is 4. The predicted molar refractivity (Wildman–Crippen MR) is 148 cm³/mol. The van der Waals surface area contributed by atoms with Crippen LogP contribution in [0.3, 0.4) is 0 Å². The minimum absolute atomic E-state index is 0.0276. The molecule has 0 radical (unpaired) electrons. The van der Waals surface area contributed by atoms with Gasteiger partial charge in [0, 0.05) is 18.4 Å². The molecule has 5 atom stereocenters. The van der Waals surface area contributed by atoms with E-state index in [1.165, 1.54) is 35.1 Å². The highest BCUT2D eigenvalue weighted by Gasteiger charge is 2.71. The standard InChI is InChI=1S/C33H39F2NO3/c1-4-33(34,35)32(37)16-15-29-27-13-11-24-19-25(36-39-18-17-38-3)12-14-26(24)30(27)28(20-31(29,32)2)23-9-7-22(8-10-23)21-5-6-21/h1,7-10,19,21,27-29,37H,5-6,11-18,20H2,2-3H3/b36-25+/t27-,28+,29-,31-,32-/m0/s1. The Labute approximate surface area is 230 Å². The van der Waals surface area contributed by atoms with Crippen LogP contribution in [0.4, 0.5) is 8.78 Å². The van der Waals surface area contributed by atoms with Crippen molar-refractivity contribution >= 4 is 5.71 Å². The molecule has 6 heteroatoms.